The van der Waals surface area contributed by atoms with Gasteiger partial charge in [0, 0.05) is 12.2 Å². The first-order chi connectivity index (χ1) is 10.2. The van der Waals surface area contributed by atoms with Crippen LogP contribution in [0.2, 0.25) is 0 Å². The Balaban J connectivity index is 1.64. The summed E-state index contributed by atoms with van der Waals surface area (Å²) in [4.78, 5) is 12.2. The van der Waals surface area contributed by atoms with Crippen LogP contribution in [0.1, 0.15) is 30.1 Å². The van der Waals surface area contributed by atoms with E-state index in [0.29, 0.717) is 5.56 Å². The van der Waals surface area contributed by atoms with Crippen molar-refractivity contribution in [2.45, 2.75) is 31.9 Å². The minimum atomic E-state index is -0.0961. The molecule has 2 aromatic rings. The number of carbonyl (C=O) groups is 1. The summed E-state index contributed by atoms with van der Waals surface area (Å²) in [6.07, 6.45) is 3.69. The Kier molecular flexibility index (Phi) is 3.92. The van der Waals surface area contributed by atoms with Gasteiger partial charge >= 0.3 is 0 Å². The Bertz CT molecular complexity index is 590. The average Bonchev–Trinajstić information content (AvgIpc) is 3.20. The highest BCUT2D eigenvalue weighted by Gasteiger charge is 2.23. The van der Waals surface area contributed by atoms with Gasteiger partial charge in [-0.2, -0.15) is 0 Å². The largest absolute Gasteiger partial charge is 0.376 e. The first-order valence-electron chi connectivity index (χ1n) is 7.00. The van der Waals surface area contributed by atoms with E-state index in [4.69, 9.17) is 4.74 Å². The Labute approximate surface area is 122 Å². The van der Waals surface area contributed by atoms with Crippen LogP contribution in [0.15, 0.2) is 30.6 Å². The minimum absolute atomic E-state index is 0.0131. The van der Waals surface area contributed by atoms with Crippen molar-refractivity contribution in [2.24, 2.45) is 0 Å². The number of amides is 1. The van der Waals surface area contributed by atoms with Gasteiger partial charge < -0.3 is 10.1 Å². The molecule has 1 aromatic heterocycles. The van der Waals surface area contributed by atoms with Gasteiger partial charge in [0.1, 0.15) is 6.33 Å². The van der Waals surface area contributed by atoms with E-state index in [1.165, 1.54) is 11.0 Å². The number of tetrazole rings is 1. The van der Waals surface area contributed by atoms with Gasteiger partial charge in [0.05, 0.1) is 17.8 Å². The van der Waals surface area contributed by atoms with Gasteiger partial charge in [0.25, 0.3) is 5.91 Å². The summed E-state index contributed by atoms with van der Waals surface area (Å²) in [5, 5.41) is 13.9. The van der Waals surface area contributed by atoms with E-state index in [2.05, 4.69) is 20.8 Å². The van der Waals surface area contributed by atoms with E-state index in [-0.39, 0.29) is 18.1 Å². The molecule has 1 amide bonds. The molecular formula is C14H17N5O2. The van der Waals surface area contributed by atoms with Crippen LogP contribution in [-0.4, -0.2) is 44.9 Å². The lowest BCUT2D eigenvalue weighted by atomic mass is 10.1. The summed E-state index contributed by atoms with van der Waals surface area (Å²) in [6, 6.07) is 7.15. The Hall–Kier alpha value is -2.28. The Morgan fingerprint density at radius 3 is 2.86 bits per heavy atom. The molecule has 1 aliphatic heterocycles. The van der Waals surface area contributed by atoms with Crippen molar-refractivity contribution >= 4 is 5.91 Å². The van der Waals surface area contributed by atoms with Crippen LogP contribution in [0, 0.1) is 0 Å². The summed E-state index contributed by atoms with van der Waals surface area (Å²) >= 11 is 0. The predicted octanol–water partition coefficient (Wildman–Crippen LogP) is 0.960. The second-order valence-electron chi connectivity index (χ2n) is 5.11. The topological polar surface area (TPSA) is 81.9 Å². The van der Waals surface area contributed by atoms with E-state index < -0.39 is 0 Å². The van der Waals surface area contributed by atoms with Gasteiger partial charge in [0.2, 0.25) is 0 Å². The molecule has 0 saturated carbocycles. The molecule has 1 aromatic carbocycles. The number of hydrogen-bond donors (Lipinski definition) is 1. The lowest BCUT2D eigenvalue weighted by Gasteiger charge is -2.20. The van der Waals surface area contributed by atoms with E-state index in [9.17, 15) is 4.79 Å². The van der Waals surface area contributed by atoms with Crippen molar-refractivity contribution in [2.75, 3.05) is 6.61 Å². The average molecular weight is 287 g/mol. The maximum absolute atomic E-state index is 12.2. The van der Waals surface area contributed by atoms with Crippen molar-refractivity contribution < 1.29 is 9.53 Å². The first kappa shape index (κ1) is 13.7. The third kappa shape index (κ3) is 3.08. The molecule has 2 heterocycles. The summed E-state index contributed by atoms with van der Waals surface area (Å²) in [5.41, 5.74) is 1.42. The number of ether oxygens (including phenoxy) is 1. The Morgan fingerprint density at radius 2 is 2.24 bits per heavy atom. The highest BCUT2D eigenvalue weighted by Crippen LogP contribution is 2.16. The maximum atomic E-state index is 12.2. The van der Waals surface area contributed by atoms with Gasteiger partial charge in [-0.25, -0.2) is 4.68 Å². The first-order valence-corrected chi connectivity index (χ1v) is 7.00. The van der Waals surface area contributed by atoms with Crippen molar-refractivity contribution in [1.29, 1.82) is 0 Å². The van der Waals surface area contributed by atoms with E-state index in [1.807, 2.05) is 19.1 Å². The van der Waals surface area contributed by atoms with Crippen molar-refractivity contribution in [1.82, 2.24) is 25.5 Å². The summed E-state index contributed by atoms with van der Waals surface area (Å²) in [7, 11) is 0. The zero-order valence-electron chi connectivity index (χ0n) is 11.8. The summed E-state index contributed by atoms with van der Waals surface area (Å²) in [5.74, 6) is -0.0961. The molecule has 7 heteroatoms. The van der Waals surface area contributed by atoms with Crippen LogP contribution in [0.25, 0.3) is 5.69 Å². The molecule has 110 valence electrons. The molecule has 1 saturated heterocycles. The van der Waals surface area contributed by atoms with Gasteiger partial charge in [-0.05, 0) is 54.5 Å². The second-order valence-corrected chi connectivity index (χ2v) is 5.11. The lowest BCUT2D eigenvalue weighted by molar-refractivity contribution is 0.0712. The number of nitrogens with zero attached hydrogens (tertiary/aromatic N) is 4. The van der Waals surface area contributed by atoms with Crippen molar-refractivity contribution in [3.63, 3.8) is 0 Å². The third-order valence-corrected chi connectivity index (χ3v) is 3.62. The second kappa shape index (κ2) is 6.01. The highest BCUT2D eigenvalue weighted by atomic mass is 16.5. The van der Waals surface area contributed by atoms with Crippen molar-refractivity contribution in [3.05, 3.63) is 36.2 Å². The molecule has 2 atom stereocenters. The third-order valence-electron chi connectivity index (χ3n) is 3.62. The molecule has 1 aliphatic rings. The van der Waals surface area contributed by atoms with Gasteiger partial charge in [-0.1, -0.05) is 0 Å². The smallest absolute Gasteiger partial charge is 0.251 e. The quantitative estimate of drug-likeness (QED) is 0.905. The van der Waals surface area contributed by atoms with Crippen molar-refractivity contribution in [3.8, 4) is 5.69 Å². The molecule has 1 fully saturated rings. The fourth-order valence-corrected chi connectivity index (χ4v) is 2.43. The number of rotatable bonds is 4. The van der Waals surface area contributed by atoms with E-state index in [1.54, 1.807) is 12.1 Å². The highest BCUT2D eigenvalue weighted by molar-refractivity contribution is 5.94. The van der Waals surface area contributed by atoms with Crippen LogP contribution >= 0.6 is 0 Å². The molecule has 0 bridgehead atoms. The molecule has 0 radical (unpaired) electrons. The van der Waals surface area contributed by atoms with Crippen LogP contribution in [0.5, 0.6) is 0 Å². The van der Waals surface area contributed by atoms with Gasteiger partial charge in [-0.3, -0.25) is 4.79 Å². The fraction of sp³-hybridized carbons (Fsp3) is 0.429. The van der Waals surface area contributed by atoms with Crippen LogP contribution < -0.4 is 5.32 Å². The zero-order valence-corrected chi connectivity index (χ0v) is 11.8. The Morgan fingerprint density at radius 1 is 1.43 bits per heavy atom. The number of benzene rings is 1. The molecular weight excluding hydrogens is 270 g/mol. The van der Waals surface area contributed by atoms with Crippen LogP contribution in [0.4, 0.5) is 0 Å². The van der Waals surface area contributed by atoms with E-state index in [0.717, 1.165) is 25.1 Å². The fourth-order valence-electron chi connectivity index (χ4n) is 2.43. The number of aromatic nitrogens is 4. The lowest BCUT2D eigenvalue weighted by Crippen LogP contribution is -2.40. The molecule has 2 unspecified atom stereocenters. The molecule has 3 rings (SSSR count). The van der Waals surface area contributed by atoms with Gasteiger partial charge in [0.15, 0.2) is 0 Å². The van der Waals surface area contributed by atoms with Gasteiger partial charge in [-0.15, -0.1) is 5.10 Å². The number of nitrogens with one attached hydrogen (secondary N) is 1. The standard InChI is InChI=1S/C14H17N5O2/c1-10(13-3-2-8-21-13)16-14(20)11-4-6-12(7-5-11)19-9-15-17-18-19/h4-7,9-10,13H,2-3,8H2,1H3,(H,16,20). The monoisotopic (exact) mass is 287 g/mol. The maximum Gasteiger partial charge on any atom is 0.251 e. The predicted molar refractivity (Wildman–Crippen MR) is 75.1 cm³/mol. The van der Waals surface area contributed by atoms with Crippen LogP contribution in [0.3, 0.4) is 0 Å². The number of hydrogen-bond acceptors (Lipinski definition) is 5. The minimum Gasteiger partial charge on any atom is -0.376 e. The summed E-state index contributed by atoms with van der Waals surface area (Å²) < 4.78 is 7.12. The molecule has 0 spiro atoms. The van der Waals surface area contributed by atoms with Crippen LogP contribution in [-0.2, 0) is 4.74 Å². The molecule has 21 heavy (non-hydrogen) atoms. The summed E-state index contributed by atoms with van der Waals surface area (Å²) in [6.45, 7) is 2.76. The molecule has 1 N–H and O–H groups in total. The normalized spacial score (nSPS) is 19.4. The zero-order chi connectivity index (χ0) is 14.7. The number of carbonyl (C=O) groups excluding carboxylic acids is 1. The SMILES string of the molecule is CC(NC(=O)c1ccc(-n2cnnn2)cc1)C1CCCO1. The van der Waals surface area contributed by atoms with E-state index >= 15 is 0 Å². The molecule has 7 nitrogen and oxygen atoms in total. The molecule has 0 aliphatic carbocycles.